The average Bonchev–Trinajstić information content (AvgIpc) is 3.43. The van der Waals surface area contributed by atoms with Crippen LogP contribution in [-0.4, -0.2) is 43.8 Å². The fourth-order valence-corrected chi connectivity index (χ4v) is 4.79. The molecule has 10 nitrogen and oxygen atoms in total. The maximum absolute atomic E-state index is 12.8. The zero-order valence-electron chi connectivity index (χ0n) is 20.1. The summed E-state index contributed by atoms with van der Waals surface area (Å²) in [4.78, 5) is 59.8. The van der Waals surface area contributed by atoms with Crippen molar-refractivity contribution in [3.63, 3.8) is 0 Å². The molecule has 35 heavy (non-hydrogen) atoms. The number of hydrogen-bond donors (Lipinski definition) is 1. The van der Waals surface area contributed by atoms with Gasteiger partial charge in [-0.25, -0.2) is 9.78 Å². The Hall–Kier alpha value is -3.34. The van der Waals surface area contributed by atoms with E-state index < -0.39 is 23.1 Å². The van der Waals surface area contributed by atoms with Gasteiger partial charge in [-0.3, -0.25) is 23.9 Å². The molecule has 1 atom stereocenters. The number of imidazole rings is 1. The summed E-state index contributed by atoms with van der Waals surface area (Å²) in [5, 5.41) is 0. The number of amides is 1. The number of fused-ring (bicyclic) bond motifs is 1. The Kier molecular flexibility index (Phi) is 7.44. The lowest BCUT2D eigenvalue weighted by atomic mass is 10.1. The second-order valence-corrected chi connectivity index (χ2v) is 9.30. The van der Waals surface area contributed by atoms with Gasteiger partial charge in [-0.05, 0) is 37.8 Å². The first-order valence-electron chi connectivity index (χ1n) is 11.7. The van der Waals surface area contributed by atoms with Gasteiger partial charge in [0, 0.05) is 36.6 Å². The Morgan fingerprint density at radius 1 is 1.23 bits per heavy atom. The largest absolute Gasteiger partial charge is 0.457 e. The van der Waals surface area contributed by atoms with Gasteiger partial charge in [-0.15, -0.1) is 11.8 Å². The number of thioether (sulfide) groups is 1. The molecule has 0 radical (unpaired) electrons. The summed E-state index contributed by atoms with van der Waals surface area (Å²) in [7, 11) is 0. The van der Waals surface area contributed by atoms with E-state index in [1.54, 1.807) is 21.2 Å². The molecule has 1 amide bonds. The zero-order chi connectivity index (χ0) is 25.1. The first-order valence-corrected chi connectivity index (χ1v) is 12.9. The molecule has 11 heteroatoms. The summed E-state index contributed by atoms with van der Waals surface area (Å²) < 4.78 is 8.66. The number of carbonyl (C=O) groups excluding carboxylic acids is 2. The lowest BCUT2D eigenvalue weighted by molar-refractivity contribution is -0.150. The van der Waals surface area contributed by atoms with Crippen molar-refractivity contribution in [1.29, 1.82) is 0 Å². The van der Waals surface area contributed by atoms with Crippen LogP contribution in [0.3, 0.4) is 0 Å². The van der Waals surface area contributed by atoms with Crippen molar-refractivity contribution < 1.29 is 14.3 Å². The molecule has 2 aromatic heterocycles. The van der Waals surface area contributed by atoms with E-state index in [1.165, 1.54) is 4.57 Å². The number of esters is 1. The van der Waals surface area contributed by atoms with Crippen molar-refractivity contribution in [3.05, 3.63) is 50.9 Å². The molecule has 0 spiro atoms. The van der Waals surface area contributed by atoms with Crippen LogP contribution in [0.15, 0.2) is 38.8 Å². The van der Waals surface area contributed by atoms with Gasteiger partial charge in [0.05, 0.1) is 5.92 Å². The van der Waals surface area contributed by atoms with Gasteiger partial charge in [0.1, 0.15) is 12.4 Å². The first-order chi connectivity index (χ1) is 16.9. The lowest BCUT2D eigenvalue weighted by Gasteiger charge is -2.17. The van der Waals surface area contributed by atoms with Crippen LogP contribution in [0.2, 0.25) is 0 Å². The van der Waals surface area contributed by atoms with E-state index >= 15 is 0 Å². The van der Waals surface area contributed by atoms with Crippen LogP contribution in [-0.2, 0) is 34.0 Å². The van der Waals surface area contributed by atoms with E-state index in [9.17, 15) is 19.2 Å². The third-order valence-corrected chi connectivity index (χ3v) is 6.91. The number of anilines is 1. The molecule has 0 bridgehead atoms. The van der Waals surface area contributed by atoms with E-state index in [-0.39, 0.29) is 36.6 Å². The van der Waals surface area contributed by atoms with Crippen LogP contribution in [0.25, 0.3) is 11.2 Å². The maximum atomic E-state index is 12.8. The van der Waals surface area contributed by atoms with Crippen LogP contribution in [0, 0.1) is 5.92 Å². The molecule has 1 saturated heterocycles. The fourth-order valence-electron chi connectivity index (χ4n) is 4.34. The molecule has 3 heterocycles. The Morgan fingerprint density at radius 3 is 2.74 bits per heavy atom. The Balaban J connectivity index is 1.53. The predicted octanol–water partition coefficient (Wildman–Crippen LogP) is 2.52. The minimum atomic E-state index is -0.592. The number of H-pyrrole nitrogens is 1. The molecule has 1 aromatic carbocycles. The normalized spacial score (nSPS) is 15.8. The van der Waals surface area contributed by atoms with Crippen LogP contribution in [0.1, 0.15) is 38.9 Å². The molecule has 3 aromatic rings. The van der Waals surface area contributed by atoms with Crippen molar-refractivity contribution in [2.45, 2.75) is 57.7 Å². The molecule has 1 N–H and O–H groups in total. The molecule has 0 aliphatic carbocycles. The second kappa shape index (κ2) is 10.5. The van der Waals surface area contributed by atoms with Gasteiger partial charge >= 0.3 is 11.7 Å². The van der Waals surface area contributed by atoms with Crippen LogP contribution in [0.5, 0.6) is 0 Å². The Labute approximate surface area is 206 Å². The molecule has 0 unspecified atom stereocenters. The van der Waals surface area contributed by atoms with E-state index in [0.29, 0.717) is 18.9 Å². The van der Waals surface area contributed by atoms with Crippen LogP contribution in [0.4, 0.5) is 5.69 Å². The minimum absolute atomic E-state index is 0.0722. The lowest BCUT2D eigenvalue weighted by Crippen LogP contribution is -2.31. The number of aryl methyl sites for hydroxylation is 2. The summed E-state index contributed by atoms with van der Waals surface area (Å²) in [6.45, 7) is 4.80. The van der Waals surface area contributed by atoms with Gasteiger partial charge in [0.15, 0.2) is 11.2 Å². The van der Waals surface area contributed by atoms with Crippen molar-refractivity contribution in [2.75, 3.05) is 17.7 Å². The molecule has 186 valence electrons. The molecular weight excluding hydrogens is 470 g/mol. The average molecular weight is 500 g/mol. The van der Waals surface area contributed by atoms with Crippen molar-refractivity contribution >= 4 is 40.5 Å². The molecule has 4 rings (SSSR count). The topological polar surface area (TPSA) is 119 Å². The predicted molar refractivity (Wildman–Crippen MR) is 134 cm³/mol. The monoisotopic (exact) mass is 499 g/mol. The van der Waals surface area contributed by atoms with Gasteiger partial charge in [0.25, 0.3) is 5.56 Å². The highest BCUT2D eigenvalue weighted by atomic mass is 32.2. The van der Waals surface area contributed by atoms with Gasteiger partial charge < -0.3 is 14.2 Å². The second-order valence-electron chi connectivity index (χ2n) is 8.42. The number of rotatable bonds is 9. The third-order valence-electron chi connectivity index (χ3n) is 6.18. The number of ether oxygens (including phenoxy) is 1. The van der Waals surface area contributed by atoms with E-state index in [4.69, 9.17) is 4.74 Å². The number of aromatic nitrogens is 4. The summed E-state index contributed by atoms with van der Waals surface area (Å²) >= 11 is 1.58. The highest BCUT2D eigenvalue weighted by molar-refractivity contribution is 7.98. The highest BCUT2D eigenvalue weighted by Gasteiger charge is 2.36. The summed E-state index contributed by atoms with van der Waals surface area (Å²) in [6.07, 6.45) is 3.68. The molecule has 0 saturated carbocycles. The summed E-state index contributed by atoms with van der Waals surface area (Å²) in [5.41, 5.74) is 0.305. The minimum Gasteiger partial charge on any atom is -0.457 e. The van der Waals surface area contributed by atoms with Gasteiger partial charge in [0.2, 0.25) is 5.91 Å². The van der Waals surface area contributed by atoms with Crippen LogP contribution >= 0.6 is 11.8 Å². The van der Waals surface area contributed by atoms with Crippen molar-refractivity contribution in [3.8, 4) is 0 Å². The first kappa shape index (κ1) is 24.8. The fraction of sp³-hybridized carbons (Fsp3) is 0.458. The molecule has 1 fully saturated rings. The molecule has 1 aliphatic heterocycles. The number of unbranched alkanes of at least 4 members (excludes halogenated alkanes) is 1. The number of aromatic amines is 1. The number of carbonyl (C=O) groups is 2. The zero-order valence-corrected chi connectivity index (χ0v) is 20.9. The standard InChI is InChI=1S/C24H29N5O5S/c1-4-6-10-28-21-20(22(31)26-24(28)33)27(5-2)18(25-21)14-34-23(32)15-11-19(30)29(13-15)16-8-7-9-17(12-16)35-3/h7-9,12,15H,4-6,10-11,13-14H2,1-3H3,(H,26,31,33)/t15-/m0/s1. The van der Waals surface area contributed by atoms with E-state index in [1.807, 2.05) is 44.4 Å². The van der Waals surface area contributed by atoms with Gasteiger partial charge in [-0.2, -0.15) is 0 Å². The number of nitrogens with one attached hydrogen (secondary N) is 1. The highest BCUT2D eigenvalue weighted by Crippen LogP contribution is 2.29. The Morgan fingerprint density at radius 2 is 2.03 bits per heavy atom. The quantitative estimate of drug-likeness (QED) is 0.355. The van der Waals surface area contributed by atoms with Crippen LogP contribution < -0.4 is 16.1 Å². The number of hydrogen-bond acceptors (Lipinski definition) is 7. The number of benzene rings is 1. The van der Waals surface area contributed by atoms with E-state index in [2.05, 4.69) is 9.97 Å². The maximum Gasteiger partial charge on any atom is 0.330 e. The summed E-state index contributed by atoms with van der Waals surface area (Å²) in [6, 6.07) is 7.63. The molecular formula is C24H29N5O5S. The molecule has 1 aliphatic rings. The Bertz CT molecular complexity index is 1370. The van der Waals surface area contributed by atoms with E-state index in [0.717, 1.165) is 23.4 Å². The van der Waals surface area contributed by atoms with Crippen molar-refractivity contribution in [2.24, 2.45) is 5.92 Å². The number of nitrogens with zero attached hydrogens (tertiary/aromatic N) is 4. The SMILES string of the molecule is CCCCn1c(=O)[nH]c(=O)c2c1nc(COC(=O)[C@H]1CC(=O)N(c3cccc(SC)c3)C1)n2CC. The third kappa shape index (κ3) is 4.90. The van der Waals surface area contributed by atoms with Gasteiger partial charge in [-0.1, -0.05) is 19.4 Å². The van der Waals surface area contributed by atoms with Crippen molar-refractivity contribution in [1.82, 2.24) is 19.1 Å². The summed E-state index contributed by atoms with van der Waals surface area (Å²) in [5.74, 6) is -0.830. The smallest absolute Gasteiger partial charge is 0.330 e.